The number of aliphatic carboxylic acids is 1. The lowest BCUT2D eigenvalue weighted by Crippen LogP contribution is -2.33. The average molecular weight is 310 g/mol. The van der Waals surface area contributed by atoms with Gasteiger partial charge in [-0.05, 0) is 12.1 Å². The number of sulfonamides is 1. The number of nitrogens with two attached hydrogens (primary N) is 1. The molecule has 0 spiro atoms. The van der Waals surface area contributed by atoms with E-state index in [0.717, 1.165) is 10.5 Å². The first-order valence-corrected chi connectivity index (χ1v) is 7.44. The van der Waals surface area contributed by atoms with E-state index < -0.39 is 16.0 Å². The van der Waals surface area contributed by atoms with Crippen LogP contribution in [-0.4, -0.2) is 36.0 Å². The molecule has 0 aliphatic heterocycles. The van der Waals surface area contributed by atoms with E-state index in [-0.39, 0.29) is 29.4 Å². The fourth-order valence-electron chi connectivity index (χ4n) is 1.78. The number of carbonyl (C=O) groups is 1. The van der Waals surface area contributed by atoms with Gasteiger partial charge in [-0.15, -0.1) is 0 Å². The predicted octanol–water partition coefficient (Wildman–Crippen LogP) is 0.662. The van der Waals surface area contributed by atoms with E-state index in [0.29, 0.717) is 0 Å². The summed E-state index contributed by atoms with van der Waals surface area (Å²) < 4.78 is 26.1. The second-order valence-electron chi connectivity index (χ2n) is 4.20. The number of benzene rings is 1. The van der Waals surface area contributed by atoms with Crippen LogP contribution in [-0.2, 0) is 14.8 Å². The van der Waals surface area contributed by atoms with Crippen LogP contribution in [0.1, 0.15) is 6.42 Å². The van der Waals surface area contributed by atoms with Crippen LogP contribution in [0.4, 0.5) is 11.4 Å². The highest BCUT2D eigenvalue weighted by atomic mass is 32.2. The normalized spacial score (nSPS) is 11.2. The number of hydrogen-bond donors (Lipinski definition) is 3. The Hall–Kier alpha value is -2.55. The van der Waals surface area contributed by atoms with E-state index in [4.69, 9.17) is 10.8 Å². The maximum absolute atomic E-state index is 12.6. The molecule has 0 saturated heterocycles. The number of aromatic amines is 1. The molecule has 112 valence electrons. The Morgan fingerprint density at radius 2 is 2.10 bits per heavy atom. The summed E-state index contributed by atoms with van der Waals surface area (Å²) in [5.74, 6) is -1.10. The molecule has 8 nitrogen and oxygen atoms in total. The van der Waals surface area contributed by atoms with Gasteiger partial charge < -0.3 is 15.8 Å². The molecule has 0 fully saturated rings. The van der Waals surface area contributed by atoms with Crippen LogP contribution in [0.25, 0.3) is 0 Å². The maximum Gasteiger partial charge on any atom is 0.305 e. The number of hydrogen-bond acceptors (Lipinski definition) is 5. The second kappa shape index (κ2) is 5.83. The van der Waals surface area contributed by atoms with Crippen molar-refractivity contribution in [2.45, 2.75) is 11.4 Å². The van der Waals surface area contributed by atoms with E-state index >= 15 is 0 Å². The number of rotatable bonds is 6. The van der Waals surface area contributed by atoms with Crippen LogP contribution >= 0.6 is 0 Å². The molecule has 1 aromatic carbocycles. The Morgan fingerprint density at radius 1 is 1.38 bits per heavy atom. The number of nitrogens with one attached hydrogen (secondary N) is 1. The third kappa shape index (κ3) is 3.14. The minimum absolute atomic E-state index is 0.129. The number of nitrogens with zero attached hydrogens (tertiary/aromatic N) is 2. The maximum atomic E-state index is 12.6. The van der Waals surface area contributed by atoms with Gasteiger partial charge in [-0.25, -0.2) is 4.98 Å². The molecule has 0 aliphatic rings. The van der Waals surface area contributed by atoms with E-state index in [1.54, 1.807) is 18.2 Å². The summed E-state index contributed by atoms with van der Waals surface area (Å²) in [6.07, 6.45) is 2.04. The topological polar surface area (TPSA) is 129 Å². The molecule has 0 amide bonds. The molecule has 1 aromatic heterocycles. The largest absolute Gasteiger partial charge is 0.481 e. The van der Waals surface area contributed by atoms with Crippen LogP contribution in [0.2, 0.25) is 0 Å². The molecule has 0 unspecified atom stereocenters. The van der Waals surface area contributed by atoms with E-state index in [1.165, 1.54) is 12.4 Å². The Kier molecular flexibility index (Phi) is 4.13. The van der Waals surface area contributed by atoms with Gasteiger partial charge in [0.05, 0.1) is 30.3 Å². The van der Waals surface area contributed by atoms with Crippen LogP contribution in [0, 0.1) is 0 Å². The average Bonchev–Trinajstić information content (AvgIpc) is 2.95. The van der Waals surface area contributed by atoms with Crippen molar-refractivity contribution in [2.24, 2.45) is 0 Å². The number of nitrogen functional groups attached to an aromatic ring is 1. The lowest BCUT2D eigenvalue weighted by molar-refractivity contribution is -0.136. The number of H-pyrrole nitrogens is 1. The first-order valence-electron chi connectivity index (χ1n) is 6.00. The molecule has 0 radical (unpaired) electrons. The van der Waals surface area contributed by atoms with Crippen LogP contribution in [0.3, 0.4) is 0 Å². The van der Waals surface area contributed by atoms with Crippen molar-refractivity contribution in [3.05, 3.63) is 36.8 Å². The number of carboxylic acids is 1. The first-order chi connectivity index (χ1) is 9.93. The summed E-state index contributed by atoms with van der Waals surface area (Å²) in [5.41, 5.74) is 6.27. The smallest absolute Gasteiger partial charge is 0.305 e. The SMILES string of the molecule is Nc1ccccc1N(CCC(=O)O)S(=O)(=O)c1cnc[nH]1. The lowest BCUT2D eigenvalue weighted by Gasteiger charge is -2.24. The zero-order chi connectivity index (χ0) is 15.5. The molecule has 2 aromatic rings. The monoisotopic (exact) mass is 310 g/mol. The summed E-state index contributed by atoms with van der Waals surface area (Å²) in [6, 6.07) is 6.36. The second-order valence-corrected chi connectivity index (χ2v) is 6.03. The minimum Gasteiger partial charge on any atom is -0.481 e. The molecule has 21 heavy (non-hydrogen) atoms. The van der Waals surface area contributed by atoms with E-state index in [9.17, 15) is 13.2 Å². The lowest BCUT2D eigenvalue weighted by atomic mass is 10.2. The van der Waals surface area contributed by atoms with Crippen molar-refractivity contribution in [1.29, 1.82) is 0 Å². The van der Waals surface area contributed by atoms with Crippen LogP contribution in [0.15, 0.2) is 41.8 Å². The number of para-hydroxylation sites is 2. The standard InChI is InChI=1S/C12H14N4O4S/c13-9-3-1-2-4-10(9)16(6-5-12(17)18)21(19,20)11-7-14-8-15-11/h1-4,7-8H,5-6,13H2,(H,14,15)(H,17,18). The Labute approximate surface area is 121 Å². The summed E-state index contributed by atoms with van der Waals surface area (Å²) >= 11 is 0. The predicted molar refractivity (Wildman–Crippen MR) is 76.2 cm³/mol. The van der Waals surface area contributed by atoms with Crippen molar-refractivity contribution in [3.8, 4) is 0 Å². The van der Waals surface area contributed by atoms with Gasteiger partial charge in [-0.2, -0.15) is 8.42 Å². The molecule has 0 atom stereocenters. The van der Waals surface area contributed by atoms with Gasteiger partial charge in [0.15, 0.2) is 5.03 Å². The highest BCUT2D eigenvalue weighted by Crippen LogP contribution is 2.28. The summed E-state index contributed by atoms with van der Waals surface area (Å²) in [6.45, 7) is -0.231. The number of anilines is 2. The van der Waals surface area contributed by atoms with Gasteiger partial charge in [-0.1, -0.05) is 12.1 Å². The molecular formula is C12H14N4O4S. The molecule has 1 heterocycles. The highest BCUT2D eigenvalue weighted by molar-refractivity contribution is 7.92. The van der Waals surface area contributed by atoms with E-state index in [1.807, 2.05) is 0 Å². The summed E-state index contributed by atoms with van der Waals surface area (Å²) in [7, 11) is -3.96. The molecule has 0 bridgehead atoms. The molecule has 2 rings (SSSR count). The number of imidazole rings is 1. The minimum atomic E-state index is -3.96. The van der Waals surface area contributed by atoms with Crippen molar-refractivity contribution < 1.29 is 18.3 Å². The number of aromatic nitrogens is 2. The number of carboxylic acid groups (broad SMARTS) is 1. The van der Waals surface area contributed by atoms with Crippen molar-refractivity contribution in [3.63, 3.8) is 0 Å². The van der Waals surface area contributed by atoms with Crippen molar-refractivity contribution in [2.75, 3.05) is 16.6 Å². The third-order valence-electron chi connectivity index (χ3n) is 2.78. The molecule has 0 saturated carbocycles. The van der Waals surface area contributed by atoms with Gasteiger partial charge in [0, 0.05) is 6.54 Å². The van der Waals surface area contributed by atoms with Crippen LogP contribution in [0.5, 0.6) is 0 Å². The first kappa shape index (κ1) is 14.9. The molecule has 9 heteroatoms. The fourth-order valence-corrected chi connectivity index (χ4v) is 3.17. The summed E-state index contributed by atoms with van der Waals surface area (Å²) in [5, 5.41) is 8.67. The summed E-state index contributed by atoms with van der Waals surface area (Å²) in [4.78, 5) is 16.9. The Balaban J connectivity index is 2.47. The molecule has 4 N–H and O–H groups in total. The van der Waals surface area contributed by atoms with Gasteiger partial charge in [0.2, 0.25) is 0 Å². The van der Waals surface area contributed by atoms with Gasteiger partial charge in [0.25, 0.3) is 10.0 Å². The van der Waals surface area contributed by atoms with Gasteiger partial charge in [0.1, 0.15) is 0 Å². The van der Waals surface area contributed by atoms with Crippen LogP contribution < -0.4 is 10.0 Å². The zero-order valence-corrected chi connectivity index (χ0v) is 11.7. The highest BCUT2D eigenvalue weighted by Gasteiger charge is 2.27. The Morgan fingerprint density at radius 3 is 2.67 bits per heavy atom. The quantitative estimate of drug-likeness (QED) is 0.672. The van der Waals surface area contributed by atoms with E-state index in [2.05, 4.69) is 9.97 Å². The van der Waals surface area contributed by atoms with Gasteiger partial charge in [-0.3, -0.25) is 9.10 Å². The molecule has 0 aliphatic carbocycles. The zero-order valence-electron chi connectivity index (χ0n) is 10.9. The van der Waals surface area contributed by atoms with Crippen molar-refractivity contribution >= 4 is 27.4 Å². The molecular weight excluding hydrogens is 296 g/mol. The van der Waals surface area contributed by atoms with Crippen molar-refractivity contribution in [1.82, 2.24) is 9.97 Å². The third-order valence-corrected chi connectivity index (χ3v) is 4.51. The van der Waals surface area contributed by atoms with Gasteiger partial charge >= 0.3 is 5.97 Å². The Bertz CT molecular complexity index is 727. The fraction of sp³-hybridized carbons (Fsp3) is 0.167.